The first kappa shape index (κ1) is 46.1. The Morgan fingerprint density at radius 1 is 0.820 bits per heavy atom. The Balaban J connectivity index is 4.83. The molecule has 0 aromatic heterocycles. The molecule has 50 heavy (non-hydrogen) atoms. The van der Waals surface area contributed by atoms with Gasteiger partial charge >= 0.3 is 5.97 Å². The number of carboxylic acid groups (broad SMARTS) is 1. The van der Waals surface area contributed by atoms with E-state index in [1.807, 2.05) is 12.2 Å². The van der Waals surface area contributed by atoms with E-state index in [1.165, 1.54) is 6.92 Å². The maximum atomic E-state index is 13.2. The van der Waals surface area contributed by atoms with Gasteiger partial charge in [-0.3, -0.25) is 38.4 Å². The summed E-state index contributed by atoms with van der Waals surface area (Å²) in [5, 5.41) is 16.6. The zero-order chi connectivity index (χ0) is 38.5. The number of allylic oxidation sites excluding steroid dienone is 2. The van der Waals surface area contributed by atoms with Gasteiger partial charge in [-0.25, -0.2) is 0 Å². The number of nitrogens with two attached hydrogens (primary N) is 4. The Hall–Kier alpha value is -3.86. The van der Waals surface area contributed by atoms with E-state index in [2.05, 4.69) is 16.0 Å². The second-order valence-corrected chi connectivity index (χ2v) is 13.3. The van der Waals surface area contributed by atoms with Crippen LogP contribution in [0.2, 0.25) is 0 Å². The van der Waals surface area contributed by atoms with Crippen molar-refractivity contribution in [2.24, 2.45) is 22.9 Å². The normalized spacial score (nSPS) is 15.6. The molecule has 5 atom stereocenters. The topological polar surface area (TPSA) is 297 Å². The van der Waals surface area contributed by atoms with E-state index in [0.717, 1.165) is 25.7 Å². The molecule has 0 rings (SSSR count). The number of amides is 3. The fourth-order valence-electron chi connectivity index (χ4n) is 4.91. The summed E-state index contributed by atoms with van der Waals surface area (Å²) in [6, 6.07) is -2.77. The molecule has 12 N–H and O–H groups in total. The summed E-state index contributed by atoms with van der Waals surface area (Å²) < 4.78 is 0. The molecule has 0 aliphatic heterocycles. The largest absolute Gasteiger partial charge is 0.481 e. The summed E-state index contributed by atoms with van der Waals surface area (Å²) in [5.41, 5.74) is 19.8. The van der Waals surface area contributed by atoms with Gasteiger partial charge in [-0.1, -0.05) is 31.4 Å². The van der Waals surface area contributed by atoms with Gasteiger partial charge in [0, 0.05) is 12.8 Å². The summed E-state index contributed by atoms with van der Waals surface area (Å²) in [6.45, 7) is 4.22. The van der Waals surface area contributed by atoms with Crippen LogP contribution in [0.4, 0.5) is 0 Å². The number of unbranched alkanes of at least 4 members (excludes halogenated alkanes) is 5. The van der Waals surface area contributed by atoms with Crippen molar-refractivity contribution in [2.45, 2.75) is 140 Å². The van der Waals surface area contributed by atoms with Crippen molar-refractivity contribution in [3.63, 3.8) is 0 Å². The number of primary amides is 1. The number of likely N-dealkylation sites (N-methyl/N-ethyl adjacent to an activating group) is 1. The lowest BCUT2D eigenvalue weighted by Gasteiger charge is -2.30. The van der Waals surface area contributed by atoms with Crippen LogP contribution in [0, 0.1) is 0 Å². The van der Waals surface area contributed by atoms with Crippen molar-refractivity contribution in [3.05, 3.63) is 12.2 Å². The molecule has 0 radical (unpaired) electrons. The van der Waals surface area contributed by atoms with Crippen LogP contribution < -0.4 is 38.9 Å². The number of carbonyl (C=O) groups is 8. The molecule has 3 amide bonds. The predicted molar refractivity (Wildman–Crippen MR) is 187 cm³/mol. The van der Waals surface area contributed by atoms with Gasteiger partial charge in [-0.2, -0.15) is 0 Å². The van der Waals surface area contributed by atoms with Gasteiger partial charge in [-0.05, 0) is 79.2 Å². The minimum absolute atomic E-state index is 0.0211. The van der Waals surface area contributed by atoms with Gasteiger partial charge in [-0.15, -0.1) is 0 Å². The third-order valence-corrected chi connectivity index (χ3v) is 8.52. The number of nitrogens with one attached hydrogen (secondary N) is 3. The van der Waals surface area contributed by atoms with Crippen molar-refractivity contribution < 1.29 is 43.5 Å². The molecule has 16 heteroatoms. The number of aliphatic carboxylic acids is 1. The van der Waals surface area contributed by atoms with E-state index in [0.29, 0.717) is 25.7 Å². The molecule has 0 saturated heterocycles. The summed E-state index contributed by atoms with van der Waals surface area (Å²) in [7, 11) is 1.60. The number of Topliss-reactive ketones (excluding diaryl/α,β-unsaturated/α-hetero) is 4. The molecular weight excluding hydrogens is 650 g/mol. The second kappa shape index (κ2) is 23.5. The average molecular weight is 710 g/mol. The quantitative estimate of drug-likeness (QED) is 0.0217. The van der Waals surface area contributed by atoms with E-state index < -0.39 is 76.8 Å². The second-order valence-electron chi connectivity index (χ2n) is 13.3. The monoisotopic (exact) mass is 709 g/mol. The SMILES string of the molecule is CN[C@@H](C)C(=O)CC(=O)[C@](C)(CCC/C=C/CCCCCC[C@@](C)(N)C(=O)C(=O)[C@@H](N)CCC(=O)O)NC(=O)CNC(=O)[C@@H](N)CCC(N)=O. The molecule has 0 aromatic rings. The van der Waals surface area contributed by atoms with Crippen molar-refractivity contribution in [1.29, 1.82) is 0 Å². The van der Waals surface area contributed by atoms with E-state index >= 15 is 0 Å². The van der Waals surface area contributed by atoms with Gasteiger partial charge in [0.2, 0.25) is 29.3 Å². The lowest BCUT2D eigenvalue weighted by Crippen LogP contribution is -2.56. The number of rotatable bonds is 29. The van der Waals surface area contributed by atoms with Crippen molar-refractivity contribution >= 4 is 46.8 Å². The first-order valence-electron chi connectivity index (χ1n) is 17.1. The van der Waals surface area contributed by atoms with Crippen LogP contribution in [0.15, 0.2) is 12.2 Å². The minimum atomic E-state index is -1.37. The van der Waals surface area contributed by atoms with Gasteiger partial charge in [0.05, 0.1) is 42.2 Å². The first-order chi connectivity index (χ1) is 23.3. The average Bonchev–Trinajstić information content (AvgIpc) is 3.05. The number of hydrogen-bond acceptors (Lipinski definition) is 12. The van der Waals surface area contributed by atoms with Crippen molar-refractivity contribution in [1.82, 2.24) is 16.0 Å². The zero-order valence-electron chi connectivity index (χ0n) is 30.0. The van der Waals surface area contributed by atoms with Crippen molar-refractivity contribution in [2.75, 3.05) is 13.6 Å². The van der Waals surface area contributed by atoms with Crippen LogP contribution in [-0.2, 0) is 38.4 Å². The number of ketones is 4. The minimum Gasteiger partial charge on any atom is -0.481 e. The Morgan fingerprint density at radius 3 is 1.98 bits per heavy atom. The molecule has 0 spiro atoms. The molecule has 0 saturated carbocycles. The fourth-order valence-corrected chi connectivity index (χ4v) is 4.91. The first-order valence-corrected chi connectivity index (χ1v) is 17.1. The maximum Gasteiger partial charge on any atom is 0.303 e. The highest BCUT2D eigenvalue weighted by atomic mass is 16.4. The Labute approximate surface area is 294 Å². The zero-order valence-corrected chi connectivity index (χ0v) is 30.0. The molecule has 0 bridgehead atoms. The summed E-state index contributed by atoms with van der Waals surface area (Å²) in [5.74, 6) is -5.40. The molecule has 0 aromatic carbocycles. The maximum absolute atomic E-state index is 13.2. The van der Waals surface area contributed by atoms with Crippen LogP contribution in [0.5, 0.6) is 0 Å². The number of carboxylic acids is 1. The molecule has 0 aliphatic carbocycles. The van der Waals surface area contributed by atoms with E-state index in [9.17, 15) is 38.4 Å². The highest BCUT2D eigenvalue weighted by Crippen LogP contribution is 2.19. The Kier molecular flexibility index (Phi) is 21.7. The fraction of sp³-hybridized carbons (Fsp3) is 0.706. The van der Waals surface area contributed by atoms with Crippen LogP contribution >= 0.6 is 0 Å². The molecule has 16 nitrogen and oxygen atoms in total. The molecule has 0 unspecified atom stereocenters. The van der Waals surface area contributed by atoms with Crippen LogP contribution in [0.1, 0.15) is 111 Å². The molecule has 284 valence electrons. The van der Waals surface area contributed by atoms with Gasteiger partial charge in [0.25, 0.3) is 0 Å². The molecule has 0 aliphatic rings. The van der Waals surface area contributed by atoms with Gasteiger partial charge in [0.1, 0.15) is 0 Å². The lowest BCUT2D eigenvalue weighted by atomic mass is 9.86. The Morgan fingerprint density at radius 2 is 1.40 bits per heavy atom. The standard InChI is InChI=1S/C34H59N7O9/c1-22(39-4)25(42)20-26(43)34(3,41-28(45)21-40-32(50)24(36)14-16-27(37)44)19-13-11-9-7-5-6-8-10-12-18-33(2,38)31(49)30(48)23(35)15-17-29(46)47/h7,9,22-24,39H,5-6,8,10-21,35-36,38H2,1-4H3,(H2,37,44)(H,40,50)(H,41,45)(H,46,47)/b9-7+/t22-,23-,24-,33+,34-/m0/s1. The predicted octanol–water partition coefficient (Wildman–Crippen LogP) is -0.179. The summed E-state index contributed by atoms with van der Waals surface area (Å²) in [6.07, 6.45) is 8.74. The Bertz CT molecular complexity index is 1220. The van der Waals surface area contributed by atoms with E-state index in [1.54, 1.807) is 20.9 Å². The van der Waals surface area contributed by atoms with E-state index in [-0.39, 0.29) is 44.3 Å². The highest BCUT2D eigenvalue weighted by molar-refractivity contribution is 6.42. The van der Waals surface area contributed by atoms with Crippen LogP contribution in [-0.4, -0.2) is 94.7 Å². The summed E-state index contributed by atoms with van der Waals surface area (Å²) in [4.78, 5) is 97.0. The van der Waals surface area contributed by atoms with E-state index in [4.69, 9.17) is 28.0 Å². The van der Waals surface area contributed by atoms with Crippen molar-refractivity contribution in [3.8, 4) is 0 Å². The molecule has 0 heterocycles. The molecular formula is C34H59N7O9. The third kappa shape index (κ3) is 18.8. The molecule has 0 fully saturated rings. The number of hydrogen-bond donors (Lipinski definition) is 8. The summed E-state index contributed by atoms with van der Waals surface area (Å²) >= 11 is 0. The third-order valence-electron chi connectivity index (χ3n) is 8.52. The highest BCUT2D eigenvalue weighted by Gasteiger charge is 2.37. The van der Waals surface area contributed by atoms with Crippen LogP contribution in [0.25, 0.3) is 0 Å². The smallest absolute Gasteiger partial charge is 0.303 e. The van der Waals surface area contributed by atoms with Gasteiger partial charge in [0.15, 0.2) is 11.6 Å². The van der Waals surface area contributed by atoms with Gasteiger partial charge < -0.3 is 44.0 Å². The lowest BCUT2D eigenvalue weighted by molar-refractivity contribution is -0.141. The number of carbonyl (C=O) groups excluding carboxylic acids is 7. The van der Waals surface area contributed by atoms with Crippen LogP contribution in [0.3, 0.4) is 0 Å².